The topological polar surface area (TPSA) is 60.2 Å². The molecule has 130 valence electrons. The lowest BCUT2D eigenvalue weighted by atomic mass is 9.53. The summed E-state index contributed by atoms with van der Waals surface area (Å²) in [5.74, 6) is 3.26. The van der Waals surface area contributed by atoms with E-state index in [1.54, 1.807) is 0 Å². The van der Waals surface area contributed by atoms with E-state index in [0.717, 1.165) is 55.5 Å². The Morgan fingerprint density at radius 2 is 1.92 bits per heavy atom. The quantitative estimate of drug-likeness (QED) is 0.827. The third-order valence-electron chi connectivity index (χ3n) is 7.46. The predicted octanol–water partition coefficient (Wildman–Crippen LogP) is 3.82. The monoisotopic (exact) mass is 329 g/mol. The highest BCUT2D eigenvalue weighted by molar-refractivity contribution is 5.87. The summed E-state index contributed by atoms with van der Waals surface area (Å²) in [5, 5.41) is 4.05. The lowest BCUT2D eigenvalue weighted by Gasteiger charge is -2.50. The molecule has 0 amide bonds. The molecule has 1 aromatic heterocycles. The lowest BCUT2D eigenvalue weighted by molar-refractivity contribution is -0.137. The van der Waals surface area contributed by atoms with Crippen LogP contribution in [0.15, 0.2) is 4.52 Å². The molecule has 4 heteroatoms. The van der Waals surface area contributed by atoms with Gasteiger partial charge in [0.1, 0.15) is 17.3 Å². The smallest absolute Gasteiger partial charge is 0.139 e. The van der Waals surface area contributed by atoms with Gasteiger partial charge in [-0.1, -0.05) is 12.1 Å². The van der Waals surface area contributed by atoms with Crippen LogP contribution in [0.3, 0.4) is 0 Å². The van der Waals surface area contributed by atoms with Crippen LogP contribution in [0.4, 0.5) is 0 Å². The Morgan fingerprint density at radius 1 is 1.12 bits per heavy atom. The van der Waals surface area contributed by atoms with E-state index in [4.69, 9.17) is 4.52 Å². The zero-order valence-electron chi connectivity index (χ0n) is 14.9. The fraction of sp³-hybridized carbons (Fsp3) is 0.750. The molecule has 3 fully saturated rings. The van der Waals surface area contributed by atoms with Crippen molar-refractivity contribution in [1.82, 2.24) is 5.16 Å². The van der Waals surface area contributed by atoms with Gasteiger partial charge in [0.2, 0.25) is 0 Å². The Kier molecular flexibility index (Phi) is 3.70. The zero-order chi connectivity index (χ0) is 17.1. The third-order valence-corrected chi connectivity index (χ3v) is 7.46. The van der Waals surface area contributed by atoms with E-state index in [2.05, 4.69) is 12.1 Å². The van der Waals surface area contributed by atoms with Crippen LogP contribution < -0.4 is 0 Å². The third kappa shape index (κ3) is 2.21. The fourth-order valence-electron chi connectivity index (χ4n) is 6.01. The molecular formula is C20H27NO3. The molecule has 0 radical (unpaired) electrons. The Bertz CT molecular complexity index is 672. The van der Waals surface area contributed by atoms with Crippen molar-refractivity contribution < 1.29 is 14.1 Å². The normalized spacial score (nSPS) is 39.0. The van der Waals surface area contributed by atoms with Gasteiger partial charge < -0.3 is 4.52 Å². The summed E-state index contributed by atoms with van der Waals surface area (Å²) in [5.41, 5.74) is 1.92. The number of hydrogen-bond donors (Lipinski definition) is 0. The van der Waals surface area contributed by atoms with Crippen molar-refractivity contribution in [1.29, 1.82) is 0 Å². The molecule has 0 aromatic carbocycles. The summed E-state index contributed by atoms with van der Waals surface area (Å²) in [6, 6.07) is 0. The van der Waals surface area contributed by atoms with Crippen LogP contribution in [-0.2, 0) is 16.0 Å². The number of carbonyl (C=O) groups is 2. The highest BCUT2D eigenvalue weighted by Crippen LogP contribution is 2.58. The Hall–Kier alpha value is -1.45. The Labute approximate surface area is 143 Å². The average molecular weight is 329 g/mol. The van der Waals surface area contributed by atoms with E-state index in [0.29, 0.717) is 35.7 Å². The predicted molar refractivity (Wildman–Crippen MR) is 89.5 cm³/mol. The molecular weight excluding hydrogens is 302 g/mol. The first kappa shape index (κ1) is 16.0. The van der Waals surface area contributed by atoms with Gasteiger partial charge in [-0.15, -0.1) is 0 Å². The summed E-state index contributed by atoms with van der Waals surface area (Å²) >= 11 is 0. The summed E-state index contributed by atoms with van der Waals surface area (Å²) in [7, 11) is 0. The largest absolute Gasteiger partial charge is 0.361 e. The first-order valence-electron chi connectivity index (χ1n) is 9.39. The van der Waals surface area contributed by atoms with Gasteiger partial charge in [0.15, 0.2) is 0 Å². The van der Waals surface area contributed by atoms with Crippen LogP contribution in [0.1, 0.15) is 62.5 Å². The van der Waals surface area contributed by atoms with Crippen molar-refractivity contribution in [2.24, 2.45) is 29.1 Å². The van der Waals surface area contributed by atoms with E-state index in [1.807, 2.05) is 13.8 Å². The fourth-order valence-corrected chi connectivity index (χ4v) is 6.01. The number of fused-ring (bicyclic) bond motifs is 3. The van der Waals surface area contributed by atoms with E-state index >= 15 is 0 Å². The number of aryl methyl sites for hydroxylation is 2. The van der Waals surface area contributed by atoms with Gasteiger partial charge in [-0.25, -0.2) is 0 Å². The van der Waals surface area contributed by atoms with Crippen LogP contribution in [0.5, 0.6) is 0 Å². The van der Waals surface area contributed by atoms with Gasteiger partial charge in [0.05, 0.1) is 5.69 Å². The molecule has 0 saturated heterocycles. The number of nitrogens with zero attached hydrogens (tertiary/aromatic N) is 1. The minimum Gasteiger partial charge on any atom is -0.361 e. The summed E-state index contributed by atoms with van der Waals surface area (Å²) in [4.78, 5) is 25.1. The number of rotatable bonds is 2. The first-order chi connectivity index (χ1) is 11.4. The van der Waals surface area contributed by atoms with Gasteiger partial charge in [-0.05, 0) is 63.7 Å². The number of aromatic nitrogens is 1. The van der Waals surface area contributed by atoms with E-state index < -0.39 is 0 Å². The van der Waals surface area contributed by atoms with Crippen LogP contribution in [0, 0.1) is 42.9 Å². The maximum absolute atomic E-state index is 12.7. The Morgan fingerprint density at radius 3 is 2.62 bits per heavy atom. The number of ketones is 2. The lowest BCUT2D eigenvalue weighted by Crippen LogP contribution is -2.48. The van der Waals surface area contributed by atoms with Gasteiger partial charge in [-0.2, -0.15) is 0 Å². The second-order valence-corrected chi connectivity index (χ2v) is 8.47. The maximum atomic E-state index is 12.7. The van der Waals surface area contributed by atoms with Crippen molar-refractivity contribution in [3.63, 3.8) is 0 Å². The van der Waals surface area contributed by atoms with Gasteiger partial charge in [0.25, 0.3) is 0 Å². The van der Waals surface area contributed by atoms with Crippen molar-refractivity contribution in [2.45, 2.75) is 65.7 Å². The maximum Gasteiger partial charge on any atom is 0.139 e. The molecule has 3 aliphatic rings. The highest BCUT2D eigenvalue weighted by Gasteiger charge is 2.56. The van der Waals surface area contributed by atoms with Crippen molar-refractivity contribution >= 4 is 11.6 Å². The minimum absolute atomic E-state index is 0.0841. The molecule has 4 rings (SSSR count). The van der Waals surface area contributed by atoms with Crippen LogP contribution >= 0.6 is 0 Å². The number of hydrogen-bond acceptors (Lipinski definition) is 4. The van der Waals surface area contributed by atoms with E-state index in [9.17, 15) is 9.59 Å². The van der Waals surface area contributed by atoms with E-state index in [1.165, 1.54) is 0 Å². The number of Topliss-reactive ketones (excluding diaryl/α,β-unsaturated/α-hetero) is 2. The van der Waals surface area contributed by atoms with Gasteiger partial charge >= 0.3 is 0 Å². The molecule has 1 unspecified atom stereocenters. The second kappa shape index (κ2) is 5.53. The molecule has 4 nitrogen and oxygen atoms in total. The van der Waals surface area contributed by atoms with Crippen molar-refractivity contribution in [3.8, 4) is 0 Å². The highest BCUT2D eigenvalue weighted by atomic mass is 16.5. The molecule has 1 aromatic rings. The van der Waals surface area contributed by atoms with Gasteiger partial charge in [0, 0.05) is 29.7 Å². The molecule has 0 spiro atoms. The molecule has 1 heterocycles. The molecule has 3 saturated carbocycles. The second-order valence-electron chi connectivity index (χ2n) is 8.47. The van der Waals surface area contributed by atoms with Crippen molar-refractivity contribution in [2.75, 3.05) is 0 Å². The Balaban J connectivity index is 1.62. The number of carbonyl (C=O) groups excluding carboxylic acids is 2. The first-order valence-corrected chi connectivity index (χ1v) is 9.39. The SMILES string of the molecule is Cc1noc(C)c1CC1C(=O)CC[C@@H]2[C@@H]1CC[C@]1(C)C(=O)CC[C@@H]21. The summed E-state index contributed by atoms with van der Waals surface area (Å²) < 4.78 is 5.30. The zero-order valence-corrected chi connectivity index (χ0v) is 14.9. The summed E-state index contributed by atoms with van der Waals surface area (Å²) in [6.45, 7) is 6.08. The molecule has 0 aliphatic heterocycles. The molecule has 0 bridgehead atoms. The molecule has 5 atom stereocenters. The molecule has 24 heavy (non-hydrogen) atoms. The average Bonchev–Trinajstić information content (AvgIpc) is 3.03. The minimum atomic E-state index is -0.116. The van der Waals surface area contributed by atoms with Crippen LogP contribution in [-0.4, -0.2) is 16.7 Å². The van der Waals surface area contributed by atoms with Crippen LogP contribution in [0.2, 0.25) is 0 Å². The standard InChI is InChI=1S/C20H27NO3/c1-11-15(12(2)24-21-11)10-16-13-8-9-20(3)17(5-7-19(20)23)14(13)4-6-18(16)22/h13-14,16-17H,4-10H2,1-3H3/t13-,14+,16?,17-,20-/m0/s1. The van der Waals surface area contributed by atoms with Gasteiger partial charge in [-0.3, -0.25) is 9.59 Å². The molecule has 0 N–H and O–H groups in total. The molecule has 3 aliphatic carbocycles. The van der Waals surface area contributed by atoms with Crippen LogP contribution in [0.25, 0.3) is 0 Å². The van der Waals surface area contributed by atoms with E-state index in [-0.39, 0.29) is 11.3 Å². The summed E-state index contributed by atoms with van der Waals surface area (Å²) in [6.07, 6.45) is 6.17. The van der Waals surface area contributed by atoms with Crippen molar-refractivity contribution in [3.05, 3.63) is 17.0 Å².